The Morgan fingerprint density at radius 1 is 1.30 bits per heavy atom. The van der Waals surface area contributed by atoms with Gasteiger partial charge in [0.05, 0.1) is 10.0 Å². The second kappa shape index (κ2) is 7.02. The van der Waals surface area contributed by atoms with E-state index in [1.807, 2.05) is 19.1 Å². The van der Waals surface area contributed by atoms with Crippen molar-refractivity contribution >= 4 is 23.2 Å². The minimum atomic E-state index is -0.403. The van der Waals surface area contributed by atoms with Crippen molar-refractivity contribution < 1.29 is 4.39 Å². The van der Waals surface area contributed by atoms with Crippen LogP contribution in [0, 0.1) is 5.82 Å². The van der Waals surface area contributed by atoms with Gasteiger partial charge in [0.1, 0.15) is 5.82 Å². The summed E-state index contributed by atoms with van der Waals surface area (Å²) >= 11 is 12.2. The summed E-state index contributed by atoms with van der Waals surface area (Å²) in [6.07, 6.45) is 3.86. The molecule has 1 N–H and O–H groups in total. The van der Waals surface area contributed by atoms with Gasteiger partial charge >= 0.3 is 0 Å². The summed E-state index contributed by atoms with van der Waals surface area (Å²) in [6, 6.07) is 6.67. The largest absolute Gasteiger partial charge is 0.310 e. The molecule has 0 spiro atoms. The molecule has 1 unspecified atom stereocenters. The second-order valence-corrected chi connectivity index (χ2v) is 5.21. The zero-order chi connectivity index (χ0) is 14.5. The molecule has 5 heteroatoms. The van der Waals surface area contributed by atoms with Crippen molar-refractivity contribution in [1.82, 2.24) is 10.3 Å². The van der Waals surface area contributed by atoms with E-state index in [4.69, 9.17) is 23.2 Å². The van der Waals surface area contributed by atoms with Crippen LogP contribution in [-0.2, 0) is 6.42 Å². The molecule has 1 atom stereocenters. The fraction of sp³-hybridized carbons (Fsp3) is 0.267. The van der Waals surface area contributed by atoms with Crippen LogP contribution in [0.3, 0.4) is 0 Å². The van der Waals surface area contributed by atoms with Crippen LogP contribution in [0.4, 0.5) is 4.39 Å². The van der Waals surface area contributed by atoms with Crippen molar-refractivity contribution in [3.8, 4) is 0 Å². The molecule has 20 heavy (non-hydrogen) atoms. The van der Waals surface area contributed by atoms with Gasteiger partial charge in [-0.1, -0.05) is 42.3 Å². The lowest BCUT2D eigenvalue weighted by molar-refractivity contribution is 0.546. The van der Waals surface area contributed by atoms with Crippen LogP contribution in [-0.4, -0.2) is 11.5 Å². The summed E-state index contributed by atoms with van der Waals surface area (Å²) in [4.78, 5) is 3.98. The quantitative estimate of drug-likeness (QED) is 0.884. The molecule has 1 heterocycles. The average Bonchev–Trinajstić information content (AvgIpc) is 2.44. The van der Waals surface area contributed by atoms with E-state index < -0.39 is 5.82 Å². The van der Waals surface area contributed by atoms with Gasteiger partial charge in [0.25, 0.3) is 0 Å². The monoisotopic (exact) mass is 312 g/mol. The van der Waals surface area contributed by atoms with E-state index in [0.29, 0.717) is 11.4 Å². The van der Waals surface area contributed by atoms with Gasteiger partial charge in [0.15, 0.2) is 0 Å². The van der Waals surface area contributed by atoms with Crippen molar-refractivity contribution in [3.63, 3.8) is 0 Å². The molecule has 0 saturated carbocycles. The SMILES string of the molecule is CCNC(Cc1cccc(F)c1Cl)c1ccncc1Cl. The number of halogens is 3. The van der Waals surface area contributed by atoms with Gasteiger partial charge in [0, 0.05) is 18.4 Å². The summed E-state index contributed by atoms with van der Waals surface area (Å²) in [5, 5.41) is 4.10. The molecule has 0 radical (unpaired) electrons. The highest BCUT2D eigenvalue weighted by atomic mass is 35.5. The summed E-state index contributed by atoms with van der Waals surface area (Å²) in [7, 11) is 0. The normalized spacial score (nSPS) is 12.4. The van der Waals surface area contributed by atoms with Gasteiger partial charge in [-0.3, -0.25) is 4.98 Å². The molecule has 1 aromatic carbocycles. The topological polar surface area (TPSA) is 24.9 Å². The van der Waals surface area contributed by atoms with E-state index in [9.17, 15) is 4.39 Å². The zero-order valence-electron chi connectivity index (χ0n) is 11.0. The maximum absolute atomic E-state index is 13.5. The number of hydrogen-bond donors (Lipinski definition) is 1. The van der Waals surface area contributed by atoms with E-state index in [-0.39, 0.29) is 11.1 Å². The van der Waals surface area contributed by atoms with Gasteiger partial charge in [-0.15, -0.1) is 0 Å². The lowest BCUT2D eigenvalue weighted by atomic mass is 9.99. The van der Waals surface area contributed by atoms with Crippen LogP contribution in [0.2, 0.25) is 10.0 Å². The fourth-order valence-electron chi connectivity index (χ4n) is 2.13. The third-order valence-corrected chi connectivity index (χ3v) is 3.82. The molecule has 0 bridgehead atoms. The van der Waals surface area contributed by atoms with E-state index in [1.165, 1.54) is 6.07 Å². The lowest BCUT2D eigenvalue weighted by Crippen LogP contribution is -2.23. The van der Waals surface area contributed by atoms with Crippen LogP contribution >= 0.6 is 23.2 Å². The van der Waals surface area contributed by atoms with Crippen LogP contribution in [0.15, 0.2) is 36.7 Å². The van der Waals surface area contributed by atoms with Crippen molar-refractivity contribution in [2.24, 2.45) is 0 Å². The molecular weight excluding hydrogens is 298 g/mol. The Balaban J connectivity index is 2.31. The van der Waals surface area contributed by atoms with Crippen molar-refractivity contribution in [2.45, 2.75) is 19.4 Å². The first-order chi connectivity index (χ1) is 9.63. The van der Waals surface area contributed by atoms with Crippen molar-refractivity contribution in [1.29, 1.82) is 0 Å². The van der Waals surface area contributed by atoms with E-state index in [0.717, 1.165) is 17.7 Å². The number of hydrogen-bond acceptors (Lipinski definition) is 2. The Labute approximate surface area is 127 Å². The fourth-order valence-corrected chi connectivity index (χ4v) is 2.59. The van der Waals surface area contributed by atoms with Crippen LogP contribution in [0.5, 0.6) is 0 Å². The number of nitrogens with zero attached hydrogens (tertiary/aromatic N) is 1. The Morgan fingerprint density at radius 2 is 2.10 bits per heavy atom. The molecule has 0 amide bonds. The summed E-state index contributed by atoms with van der Waals surface area (Å²) < 4.78 is 13.5. The minimum absolute atomic E-state index is 0.0326. The number of benzene rings is 1. The van der Waals surface area contributed by atoms with Gasteiger partial charge in [-0.25, -0.2) is 4.39 Å². The number of likely N-dealkylation sites (N-methyl/N-ethyl adjacent to an activating group) is 1. The Morgan fingerprint density at radius 3 is 2.80 bits per heavy atom. The Hall–Kier alpha value is -1.16. The number of rotatable bonds is 5. The summed E-state index contributed by atoms with van der Waals surface area (Å²) in [5.41, 5.74) is 1.69. The first-order valence-electron chi connectivity index (χ1n) is 6.39. The van der Waals surface area contributed by atoms with E-state index in [1.54, 1.807) is 18.5 Å². The summed E-state index contributed by atoms with van der Waals surface area (Å²) in [5.74, 6) is -0.403. The molecule has 0 fully saturated rings. The Bertz CT molecular complexity index is 590. The molecule has 1 aromatic heterocycles. The van der Waals surface area contributed by atoms with Gasteiger partial charge in [-0.2, -0.15) is 0 Å². The predicted molar refractivity (Wildman–Crippen MR) is 80.8 cm³/mol. The first kappa shape index (κ1) is 15.2. The van der Waals surface area contributed by atoms with Crippen molar-refractivity contribution in [2.75, 3.05) is 6.54 Å². The molecule has 0 aliphatic carbocycles. The van der Waals surface area contributed by atoms with Crippen LogP contribution in [0.1, 0.15) is 24.1 Å². The number of aromatic nitrogens is 1. The third-order valence-electron chi connectivity index (χ3n) is 3.09. The molecule has 0 saturated heterocycles. The second-order valence-electron chi connectivity index (χ2n) is 4.42. The smallest absolute Gasteiger partial charge is 0.142 e. The number of pyridine rings is 1. The van der Waals surface area contributed by atoms with Crippen molar-refractivity contribution in [3.05, 3.63) is 63.6 Å². The molecule has 2 nitrogen and oxygen atoms in total. The molecule has 2 aromatic rings. The molecule has 2 rings (SSSR count). The highest BCUT2D eigenvalue weighted by molar-refractivity contribution is 6.31. The van der Waals surface area contributed by atoms with Gasteiger partial charge in [0.2, 0.25) is 0 Å². The van der Waals surface area contributed by atoms with E-state index in [2.05, 4.69) is 10.3 Å². The third kappa shape index (κ3) is 3.48. The standard InChI is InChI=1S/C15H15Cl2FN2/c1-2-20-14(11-6-7-19-9-12(11)16)8-10-4-3-5-13(18)15(10)17/h3-7,9,14,20H,2,8H2,1H3. The highest BCUT2D eigenvalue weighted by Gasteiger charge is 2.17. The predicted octanol–water partition coefficient (Wildman–Crippen LogP) is 4.42. The average molecular weight is 313 g/mol. The highest BCUT2D eigenvalue weighted by Crippen LogP contribution is 2.28. The maximum atomic E-state index is 13.5. The van der Waals surface area contributed by atoms with Gasteiger partial charge in [-0.05, 0) is 36.2 Å². The lowest BCUT2D eigenvalue weighted by Gasteiger charge is -2.20. The molecule has 106 valence electrons. The van der Waals surface area contributed by atoms with Crippen LogP contribution in [0.25, 0.3) is 0 Å². The summed E-state index contributed by atoms with van der Waals surface area (Å²) in [6.45, 7) is 2.78. The number of nitrogens with one attached hydrogen (secondary N) is 1. The molecular formula is C15H15Cl2FN2. The maximum Gasteiger partial charge on any atom is 0.142 e. The molecule has 0 aliphatic rings. The van der Waals surface area contributed by atoms with E-state index >= 15 is 0 Å². The Kier molecular flexibility index (Phi) is 5.35. The van der Waals surface area contributed by atoms with Crippen LogP contribution < -0.4 is 5.32 Å². The first-order valence-corrected chi connectivity index (χ1v) is 7.14. The van der Waals surface area contributed by atoms with Gasteiger partial charge < -0.3 is 5.32 Å². The molecule has 0 aliphatic heterocycles. The zero-order valence-corrected chi connectivity index (χ0v) is 12.5. The minimum Gasteiger partial charge on any atom is -0.310 e.